The molecule has 3 aromatic carbocycles. The summed E-state index contributed by atoms with van der Waals surface area (Å²) in [7, 11) is -3.59. The van der Waals surface area contributed by atoms with E-state index in [1.54, 1.807) is 23.1 Å². The van der Waals surface area contributed by atoms with Crippen LogP contribution in [0.25, 0.3) is 11.1 Å². The lowest BCUT2D eigenvalue weighted by Crippen LogP contribution is -2.44. The Morgan fingerprint density at radius 2 is 1.82 bits per heavy atom. The highest BCUT2D eigenvalue weighted by Gasteiger charge is 2.33. The molecule has 5 rings (SSSR count). The number of benzene rings is 3. The number of ether oxygens (including phenoxy) is 3. The predicted molar refractivity (Wildman–Crippen MR) is 142 cm³/mol. The molecule has 2 aliphatic heterocycles. The number of likely N-dealkylation sites (tertiary alicyclic amines) is 1. The quantitative estimate of drug-likeness (QED) is 0.311. The molecule has 2 aliphatic rings. The molecule has 39 heavy (non-hydrogen) atoms. The van der Waals surface area contributed by atoms with Crippen molar-refractivity contribution < 1.29 is 32.3 Å². The van der Waals surface area contributed by atoms with Crippen LogP contribution in [0, 0.1) is 16.0 Å². The van der Waals surface area contributed by atoms with Crippen LogP contribution in [0.1, 0.15) is 24.0 Å². The molecule has 1 atom stereocenters. The van der Waals surface area contributed by atoms with Gasteiger partial charge in [-0.05, 0) is 48.2 Å². The maximum absolute atomic E-state index is 12.5. The van der Waals surface area contributed by atoms with Crippen LogP contribution < -0.4 is 4.74 Å². The topological polar surface area (TPSA) is 125 Å². The molecule has 10 nitrogen and oxygen atoms in total. The molecule has 0 aromatic heterocycles. The largest absolute Gasteiger partial charge is 0.464 e. The van der Waals surface area contributed by atoms with Gasteiger partial charge < -0.3 is 19.1 Å². The summed E-state index contributed by atoms with van der Waals surface area (Å²) >= 11 is 0. The molecular weight excluding hydrogens is 524 g/mol. The Hall–Kier alpha value is -3.96. The van der Waals surface area contributed by atoms with Gasteiger partial charge in [-0.3, -0.25) is 10.1 Å². The minimum atomic E-state index is -3.59. The second-order valence-electron chi connectivity index (χ2n) is 9.69. The molecule has 0 N–H and O–H groups in total. The molecule has 0 bridgehead atoms. The van der Waals surface area contributed by atoms with Crippen molar-refractivity contribution in [2.45, 2.75) is 37.2 Å². The predicted octanol–water partition coefficient (Wildman–Crippen LogP) is 4.95. The van der Waals surface area contributed by atoms with Crippen molar-refractivity contribution in [3.8, 4) is 16.9 Å². The van der Waals surface area contributed by atoms with Crippen LogP contribution in [0.3, 0.4) is 0 Å². The Balaban J connectivity index is 1.21. The van der Waals surface area contributed by atoms with Gasteiger partial charge in [-0.15, -0.1) is 0 Å². The molecule has 11 heteroatoms. The molecule has 0 spiro atoms. The SMILES string of the molecule is CS(=O)(=O)c1ccc(-c2ccc3c(c2)COC(C2CCN(C(=O)OCc4ccccc4)CC2)O3)c([N+](=O)[O-])c1. The summed E-state index contributed by atoms with van der Waals surface area (Å²) in [6, 6.07) is 18.7. The minimum absolute atomic E-state index is 0.0978. The van der Waals surface area contributed by atoms with Crippen molar-refractivity contribution >= 4 is 21.6 Å². The van der Waals surface area contributed by atoms with E-state index in [0.29, 0.717) is 42.8 Å². The van der Waals surface area contributed by atoms with Crippen LogP contribution >= 0.6 is 0 Å². The third kappa shape index (κ3) is 6.04. The van der Waals surface area contributed by atoms with E-state index in [4.69, 9.17) is 14.2 Å². The molecule has 0 radical (unpaired) electrons. The molecule has 1 unspecified atom stereocenters. The van der Waals surface area contributed by atoms with Crippen LogP contribution in [0.15, 0.2) is 71.6 Å². The van der Waals surface area contributed by atoms with Crippen molar-refractivity contribution in [1.82, 2.24) is 4.90 Å². The Kier molecular flexibility index (Phi) is 7.53. The first-order valence-electron chi connectivity index (χ1n) is 12.5. The molecule has 0 aliphatic carbocycles. The van der Waals surface area contributed by atoms with Crippen LogP contribution in [-0.2, 0) is 32.5 Å². The van der Waals surface area contributed by atoms with Gasteiger partial charge in [0.2, 0.25) is 6.29 Å². The smallest absolute Gasteiger partial charge is 0.410 e. The zero-order valence-corrected chi connectivity index (χ0v) is 22.1. The number of fused-ring (bicyclic) bond motifs is 1. The average molecular weight is 553 g/mol. The number of carbonyl (C=O) groups is 1. The number of nitrogens with zero attached hydrogens (tertiary/aromatic N) is 2. The lowest BCUT2D eigenvalue weighted by molar-refractivity contribution is -0.384. The fourth-order valence-electron chi connectivity index (χ4n) is 4.84. The number of nitro benzene ring substituents is 1. The second-order valence-corrected chi connectivity index (χ2v) is 11.7. The van der Waals surface area contributed by atoms with Crippen LogP contribution in [-0.4, -0.2) is 50.0 Å². The molecular formula is C28H28N2O8S. The van der Waals surface area contributed by atoms with Crippen molar-refractivity contribution in [3.05, 3.63) is 88.0 Å². The van der Waals surface area contributed by atoms with E-state index in [2.05, 4.69) is 0 Å². The van der Waals surface area contributed by atoms with Gasteiger partial charge in [0.05, 0.1) is 22.0 Å². The van der Waals surface area contributed by atoms with Gasteiger partial charge in [0.1, 0.15) is 12.4 Å². The van der Waals surface area contributed by atoms with E-state index >= 15 is 0 Å². The highest BCUT2D eigenvalue weighted by Crippen LogP contribution is 2.38. The maximum Gasteiger partial charge on any atom is 0.410 e. The summed E-state index contributed by atoms with van der Waals surface area (Å²) in [6.45, 7) is 1.58. The van der Waals surface area contributed by atoms with E-state index < -0.39 is 21.1 Å². The third-order valence-electron chi connectivity index (χ3n) is 7.00. The number of rotatable bonds is 6. The molecule has 204 valence electrons. The molecule has 1 saturated heterocycles. The first kappa shape index (κ1) is 26.6. The van der Waals surface area contributed by atoms with Gasteiger partial charge in [-0.1, -0.05) is 36.4 Å². The Bertz CT molecular complexity index is 1480. The van der Waals surface area contributed by atoms with E-state index in [9.17, 15) is 23.3 Å². The van der Waals surface area contributed by atoms with Crippen LogP contribution in [0.5, 0.6) is 5.75 Å². The summed E-state index contributed by atoms with van der Waals surface area (Å²) in [6.07, 6.45) is 1.63. The van der Waals surface area contributed by atoms with Crippen molar-refractivity contribution in [3.63, 3.8) is 0 Å². The lowest BCUT2D eigenvalue weighted by atomic mass is 9.95. The van der Waals surface area contributed by atoms with E-state index in [1.807, 2.05) is 30.3 Å². The van der Waals surface area contributed by atoms with Gasteiger partial charge in [0.25, 0.3) is 5.69 Å². The number of sulfone groups is 1. The minimum Gasteiger partial charge on any atom is -0.464 e. The number of hydrogen-bond acceptors (Lipinski definition) is 8. The number of hydrogen-bond donors (Lipinski definition) is 0. The number of carbonyl (C=O) groups excluding carboxylic acids is 1. The molecule has 1 fully saturated rings. The first-order chi connectivity index (χ1) is 18.7. The normalized spacial score (nSPS) is 17.7. The first-order valence-corrected chi connectivity index (χ1v) is 14.4. The highest BCUT2D eigenvalue weighted by molar-refractivity contribution is 7.90. The molecule has 0 saturated carbocycles. The zero-order valence-electron chi connectivity index (χ0n) is 21.3. The monoisotopic (exact) mass is 552 g/mol. The van der Waals surface area contributed by atoms with Crippen molar-refractivity contribution in [1.29, 1.82) is 0 Å². The Labute approximate surface area is 226 Å². The van der Waals surface area contributed by atoms with Gasteiger partial charge in [0, 0.05) is 36.9 Å². The van der Waals surface area contributed by atoms with Gasteiger partial charge in [-0.25, -0.2) is 13.2 Å². The molecule has 2 heterocycles. The summed E-state index contributed by atoms with van der Waals surface area (Å²) in [5.74, 6) is 0.732. The average Bonchev–Trinajstić information content (AvgIpc) is 2.95. The summed E-state index contributed by atoms with van der Waals surface area (Å²) in [5, 5.41) is 11.7. The van der Waals surface area contributed by atoms with E-state index in [0.717, 1.165) is 23.4 Å². The van der Waals surface area contributed by atoms with Crippen molar-refractivity contribution in [2.75, 3.05) is 19.3 Å². The van der Waals surface area contributed by atoms with E-state index in [-0.39, 0.29) is 35.8 Å². The summed E-state index contributed by atoms with van der Waals surface area (Å²) in [5.41, 5.74) is 2.26. The van der Waals surface area contributed by atoms with Gasteiger partial charge >= 0.3 is 6.09 Å². The Morgan fingerprint density at radius 1 is 1.08 bits per heavy atom. The van der Waals surface area contributed by atoms with Gasteiger partial charge in [-0.2, -0.15) is 0 Å². The fraction of sp³-hybridized carbons (Fsp3) is 0.321. The second kappa shape index (κ2) is 11.0. The summed E-state index contributed by atoms with van der Waals surface area (Å²) in [4.78, 5) is 25.1. The summed E-state index contributed by atoms with van der Waals surface area (Å²) < 4.78 is 41.3. The zero-order chi connectivity index (χ0) is 27.6. The molecule has 3 aromatic rings. The van der Waals surface area contributed by atoms with E-state index in [1.165, 1.54) is 12.1 Å². The third-order valence-corrected chi connectivity index (χ3v) is 8.11. The lowest BCUT2D eigenvalue weighted by Gasteiger charge is -2.37. The maximum atomic E-state index is 12.5. The highest BCUT2D eigenvalue weighted by atomic mass is 32.2. The van der Waals surface area contributed by atoms with Crippen LogP contribution in [0.4, 0.5) is 10.5 Å². The number of amides is 1. The molecule has 1 amide bonds. The van der Waals surface area contributed by atoms with Crippen molar-refractivity contribution in [2.24, 2.45) is 5.92 Å². The standard InChI is InChI=1S/C28H28N2O8S/c1-39(34,35)23-8-9-24(25(16-23)30(32)33)21-7-10-26-22(15-21)18-36-27(38-26)20-11-13-29(14-12-20)28(31)37-17-19-5-3-2-4-6-19/h2-10,15-16,20,27H,11-14,17-18H2,1H3. The van der Waals surface area contributed by atoms with Crippen LogP contribution in [0.2, 0.25) is 0 Å². The number of piperidine rings is 1. The number of nitro groups is 1. The fourth-order valence-corrected chi connectivity index (χ4v) is 5.48. The van der Waals surface area contributed by atoms with Gasteiger partial charge in [0.15, 0.2) is 9.84 Å². The Morgan fingerprint density at radius 3 is 2.51 bits per heavy atom.